The Morgan fingerprint density at radius 3 is 1.61 bits per heavy atom. The average Bonchev–Trinajstić information content (AvgIpc) is 2.56. The summed E-state index contributed by atoms with van der Waals surface area (Å²) < 4.78 is 0. The zero-order valence-electron chi connectivity index (χ0n) is 18.9. The normalized spacial score (nSPS) is 12.8. The van der Waals surface area contributed by atoms with E-state index in [0.29, 0.717) is 0 Å². The average molecular weight is 409 g/mol. The standard InChI is InChI=1S/C26H34P2/c1-24(2,3)20-17-21(25(4,5)6)23(22(18-20)26(7,8)9)28-27-16-15-19-13-11-10-12-14-19/h10-14,17-18H,1-9H3. The first-order valence-electron chi connectivity index (χ1n) is 9.96. The minimum Gasteiger partial charge on any atom is -0.0622 e. The van der Waals surface area contributed by atoms with E-state index in [1.807, 2.05) is 18.2 Å². The molecule has 0 fully saturated rings. The second-order valence-electron chi connectivity index (χ2n) is 10.5. The molecule has 2 heteroatoms. The van der Waals surface area contributed by atoms with E-state index in [1.165, 1.54) is 29.9 Å². The van der Waals surface area contributed by atoms with Crippen molar-refractivity contribution in [2.24, 2.45) is 0 Å². The summed E-state index contributed by atoms with van der Waals surface area (Å²) in [7, 11) is 2.41. The first-order chi connectivity index (χ1) is 12.8. The zero-order valence-corrected chi connectivity index (χ0v) is 20.7. The van der Waals surface area contributed by atoms with E-state index < -0.39 is 0 Å². The molecule has 2 aromatic carbocycles. The van der Waals surface area contributed by atoms with Crippen LogP contribution in [0.5, 0.6) is 0 Å². The Morgan fingerprint density at radius 2 is 1.18 bits per heavy atom. The van der Waals surface area contributed by atoms with Crippen LogP contribution in [0.1, 0.15) is 84.6 Å². The predicted octanol–water partition coefficient (Wildman–Crippen LogP) is 8.02. The lowest BCUT2D eigenvalue weighted by atomic mass is 9.75. The van der Waals surface area contributed by atoms with E-state index >= 15 is 0 Å². The summed E-state index contributed by atoms with van der Waals surface area (Å²) in [4.78, 5) is 0. The van der Waals surface area contributed by atoms with Gasteiger partial charge in [0.05, 0.1) is 0 Å². The lowest BCUT2D eigenvalue weighted by Crippen LogP contribution is -2.29. The van der Waals surface area contributed by atoms with Crippen molar-refractivity contribution in [3.05, 3.63) is 64.7 Å². The third-order valence-corrected chi connectivity index (χ3v) is 6.96. The van der Waals surface area contributed by atoms with Gasteiger partial charge in [-0.05, 0) is 58.6 Å². The Labute approximate surface area is 176 Å². The van der Waals surface area contributed by atoms with E-state index in [-0.39, 0.29) is 16.2 Å². The highest BCUT2D eigenvalue weighted by molar-refractivity contribution is 7.90. The minimum atomic E-state index is 0.103. The summed E-state index contributed by atoms with van der Waals surface area (Å²) in [5, 5.41) is 1.46. The molecule has 0 saturated carbocycles. The second kappa shape index (κ2) is 8.54. The lowest BCUT2D eigenvalue weighted by molar-refractivity contribution is 0.554. The topological polar surface area (TPSA) is 0 Å². The van der Waals surface area contributed by atoms with Crippen molar-refractivity contribution in [3.8, 4) is 11.6 Å². The smallest absolute Gasteiger partial charge is 0.0252 e. The number of hydrogen-bond acceptors (Lipinski definition) is 0. The number of benzene rings is 2. The largest absolute Gasteiger partial charge is 0.0622 e. The fourth-order valence-corrected chi connectivity index (χ4v) is 5.60. The van der Waals surface area contributed by atoms with Crippen LogP contribution in [0, 0.1) is 11.6 Å². The molecule has 28 heavy (non-hydrogen) atoms. The molecular formula is C26H34P2. The molecule has 0 bridgehead atoms. The highest BCUT2D eigenvalue weighted by Crippen LogP contribution is 2.36. The van der Waals surface area contributed by atoms with Gasteiger partial charge >= 0.3 is 0 Å². The maximum atomic E-state index is 3.36. The molecule has 0 aromatic heterocycles. The van der Waals surface area contributed by atoms with E-state index in [2.05, 4.69) is 98.2 Å². The van der Waals surface area contributed by atoms with Crippen LogP contribution < -0.4 is 5.30 Å². The molecule has 0 atom stereocenters. The molecule has 0 nitrogen and oxygen atoms in total. The monoisotopic (exact) mass is 408 g/mol. The molecule has 0 spiro atoms. The maximum Gasteiger partial charge on any atom is 0.0252 e. The molecule has 148 valence electrons. The van der Waals surface area contributed by atoms with Crippen LogP contribution in [0.4, 0.5) is 0 Å². The molecule has 0 aliphatic rings. The second-order valence-corrected chi connectivity index (χ2v) is 12.7. The van der Waals surface area contributed by atoms with Crippen LogP contribution in [0.15, 0.2) is 42.5 Å². The van der Waals surface area contributed by atoms with Crippen molar-refractivity contribution >= 4 is 21.0 Å². The van der Waals surface area contributed by atoms with Crippen LogP contribution >= 0.6 is 15.7 Å². The van der Waals surface area contributed by atoms with Crippen LogP contribution in [0.2, 0.25) is 0 Å². The van der Waals surface area contributed by atoms with Gasteiger partial charge in [0, 0.05) is 18.7 Å². The van der Waals surface area contributed by atoms with Crippen LogP contribution in [0.3, 0.4) is 0 Å². The molecule has 0 heterocycles. The third-order valence-electron chi connectivity index (χ3n) is 4.77. The quantitative estimate of drug-likeness (QED) is 0.331. The predicted molar refractivity (Wildman–Crippen MR) is 129 cm³/mol. The van der Waals surface area contributed by atoms with Crippen molar-refractivity contribution in [2.75, 3.05) is 0 Å². The van der Waals surface area contributed by atoms with Crippen LogP contribution in [-0.2, 0) is 16.2 Å². The summed E-state index contributed by atoms with van der Waals surface area (Å²) in [5.74, 6) is 3.30. The summed E-state index contributed by atoms with van der Waals surface area (Å²) in [6.07, 6.45) is 0. The molecule has 0 N–H and O–H groups in total. The van der Waals surface area contributed by atoms with E-state index in [1.54, 1.807) is 0 Å². The Bertz CT molecular complexity index is 868. The summed E-state index contributed by atoms with van der Waals surface area (Å²) in [5.41, 5.74) is 9.13. The molecular weight excluding hydrogens is 374 g/mol. The minimum absolute atomic E-state index is 0.103. The SMILES string of the molecule is CC(C)(C)c1cc(C(C)(C)C)c(P=PC#Cc2ccccc2)c(C(C)(C)C)c1. The Balaban J connectivity index is 2.64. The lowest BCUT2D eigenvalue weighted by Gasteiger charge is -2.32. The maximum absolute atomic E-state index is 3.36. The molecule has 0 aliphatic carbocycles. The molecule has 2 rings (SSSR count). The summed E-state index contributed by atoms with van der Waals surface area (Å²) >= 11 is 0. The molecule has 0 aliphatic heterocycles. The van der Waals surface area contributed by atoms with Gasteiger partial charge in [-0.25, -0.2) is 0 Å². The van der Waals surface area contributed by atoms with Crippen molar-refractivity contribution in [1.82, 2.24) is 0 Å². The van der Waals surface area contributed by atoms with Gasteiger partial charge in [0.15, 0.2) is 0 Å². The Hall–Kier alpha value is -1.40. The van der Waals surface area contributed by atoms with Crippen molar-refractivity contribution in [3.63, 3.8) is 0 Å². The fraction of sp³-hybridized carbons (Fsp3) is 0.462. The zero-order chi connectivity index (χ0) is 21.2. The van der Waals surface area contributed by atoms with Crippen molar-refractivity contribution in [1.29, 1.82) is 0 Å². The van der Waals surface area contributed by atoms with Gasteiger partial charge in [-0.15, -0.1) is 0 Å². The molecule has 0 amide bonds. The molecule has 2 aromatic rings. The van der Waals surface area contributed by atoms with Gasteiger partial charge in [-0.2, -0.15) is 0 Å². The highest BCUT2D eigenvalue weighted by Gasteiger charge is 2.28. The van der Waals surface area contributed by atoms with E-state index in [9.17, 15) is 0 Å². The van der Waals surface area contributed by atoms with Gasteiger partial charge < -0.3 is 0 Å². The Morgan fingerprint density at radius 1 is 0.679 bits per heavy atom. The third kappa shape index (κ3) is 6.05. The fourth-order valence-electron chi connectivity index (χ4n) is 3.00. The van der Waals surface area contributed by atoms with Gasteiger partial charge in [0.1, 0.15) is 0 Å². The van der Waals surface area contributed by atoms with E-state index in [4.69, 9.17) is 0 Å². The highest BCUT2D eigenvalue weighted by atomic mass is 31.7. The van der Waals surface area contributed by atoms with Crippen molar-refractivity contribution in [2.45, 2.75) is 78.6 Å². The summed E-state index contributed by atoms with van der Waals surface area (Å²) in [6.45, 7) is 20.9. The Kier molecular flexibility index (Phi) is 6.98. The number of rotatable bonds is 1. The first-order valence-corrected chi connectivity index (χ1v) is 12.5. The first kappa shape index (κ1) is 22.9. The van der Waals surface area contributed by atoms with Gasteiger partial charge in [0.25, 0.3) is 0 Å². The van der Waals surface area contributed by atoms with Crippen LogP contribution in [0.25, 0.3) is 0 Å². The molecule has 0 radical (unpaired) electrons. The number of hydrogen-bond donors (Lipinski definition) is 0. The van der Waals surface area contributed by atoms with Gasteiger partial charge in [-0.3, -0.25) is 0 Å². The molecule has 0 saturated heterocycles. The van der Waals surface area contributed by atoms with Crippen molar-refractivity contribution < 1.29 is 0 Å². The molecule has 0 unspecified atom stereocenters. The van der Waals surface area contributed by atoms with Crippen LogP contribution in [-0.4, -0.2) is 0 Å². The summed E-state index contributed by atoms with van der Waals surface area (Å²) in [6, 6.07) is 15.1. The van der Waals surface area contributed by atoms with Gasteiger partial charge in [-0.1, -0.05) is 98.6 Å². The van der Waals surface area contributed by atoms with E-state index in [0.717, 1.165) is 13.4 Å². The van der Waals surface area contributed by atoms with Gasteiger partial charge in [0.2, 0.25) is 0 Å².